The van der Waals surface area contributed by atoms with E-state index in [-0.39, 0.29) is 18.6 Å². The van der Waals surface area contributed by atoms with Crippen LogP contribution in [0.25, 0.3) is 0 Å². The van der Waals surface area contributed by atoms with Gasteiger partial charge in [-0.1, -0.05) is 0 Å². The van der Waals surface area contributed by atoms with Gasteiger partial charge < -0.3 is 20.9 Å². The average molecular weight is 293 g/mol. The van der Waals surface area contributed by atoms with Crippen LogP contribution in [-0.2, 0) is 9.53 Å². The predicted octanol–water partition coefficient (Wildman–Crippen LogP) is 0.681. The molecule has 6 nitrogen and oxygen atoms in total. The van der Waals surface area contributed by atoms with E-state index in [0.717, 1.165) is 31.6 Å². The quantitative estimate of drug-likeness (QED) is 0.671. The van der Waals surface area contributed by atoms with Crippen LogP contribution < -0.4 is 11.1 Å². The van der Waals surface area contributed by atoms with Gasteiger partial charge in [0.2, 0.25) is 5.91 Å². The Morgan fingerprint density at radius 3 is 2.62 bits per heavy atom. The summed E-state index contributed by atoms with van der Waals surface area (Å²) in [5, 5.41) is 11.6. The van der Waals surface area contributed by atoms with Crippen LogP contribution in [0, 0.1) is 0 Å². The van der Waals surface area contributed by atoms with Gasteiger partial charge in [0.25, 0.3) is 0 Å². The summed E-state index contributed by atoms with van der Waals surface area (Å²) >= 11 is 0. The molecule has 0 unspecified atom stereocenters. The Hall–Kier alpha value is -1.63. The van der Waals surface area contributed by atoms with Gasteiger partial charge in [0.15, 0.2) is 0 Å². The minimum atomic E-state index is -0.0190. The van der Waals surface area contributed by atoms with Crippen molar-refractivity contribution in [3.05, 3.63) is 24.3 Å². The van der Waals surface area contributed by atoms with Gasteiger partial charge in [0.05, 0.1) is 25.9 Å². The maximum absolute atomic E-state index is 12.0. The number of amides is 1. The molecule has 1 heterocycles. The lowest BCUT2D eigenvalue weighted by molar-refractivity contribution is -0.118. The van der Waals surface area contributed by atoms with E-state index < -0.39 is 0 Å². The van der Waals surface area contributed by atoms with Crippen molar-refractivity contribution in [3.63, 3.8) is 0 Å². The molecule has 0 aromatic heterocycles. The van der Waals surface area contributed by atoms with Crippen LogP contribution in [0.4, 0.5) is 11.4 Å². The van der Waals surface area contributed by atoms with Crippen molar-refractivity contribution in [3.8, 4) is 0 Å². The number of piperidine rings is 1. The second-order valence-corrected chi connectivity index (χ2v) is 5.24. The lowest BCUT2D eigenvalue weighted by Crippen LogP contribution is -2.41. The lowest BCUT2D eigenvalue weighted by atomic mass is 10.1. The van der Waals surface area contributed by atoms with Crippen molar-refractivity contribution in [1.29, 1.82) is 0 Å². The number of hydrogen-bond donors (Lipinski definition) is 3. The second kappa shape index (κ2) is 7.97. The molecule has 1 aliphatic rings. The highest BCUT2D eigenvalue weighted by Gasteiger charge is 2.21. The highest BCUT2D eigenvalue weighted by molar-refractivity contribution is 5.92. The highest BCUT2D eigenvalue weighted by Crippen LogP contribution is 2.14. The van der Waals surface area contributed by atoms with Crippen molar-refractivity contribution in [1.82, 2.24) is 4.90 Å². The molecule has 1 aliphatic heterocycles. The molecule has 1 saturated heterocycles. The number of aliphatic hydroxyl groups excluding tert-OH is 1. The number of nitrogen functional groups attached to an aromatic ring is 1. The van der Waals surface area contributed by atoms with Gasteiger partial charge in [-0.3, -0.25) is 9.69 Å². The fourth-order valence-corrected chi connectivity index (χ4v) is 2.42. The molecular weight excluding hydrogens is 270 g/mol. The molecular formula is C15H23N3O3. The smallest absolute Gasteiger partial charge is 0.238 e. The van der Waals surface area contributed by atoms with E-state index in [1.54, 1.807) is 24.3 Å². The van der Waals surface area contributed by atoms with Crippen LogP contribution in [-0.4, -0.2) is 54.9 Å². The molecule has 6 heteroatoms. The van der Waals surface area contributed by atoms with Crippen molar-refractivity contribution < 1.29 is 14.6 Å². The molecule has 0 spiro atoms. The third kappa shape index (κ3) is 5.34. The number of anilines is 2. The van der Waals surface area contributed by atoms with E-state index in [9.17, 15) is 4.79 Å². The predicted molar refractivity (Wildman–Crippen MR) is 82.0 cm³/mol. The van der Waals surface area contributed by atoms with E-state index in [0.29, 0.717) is 18.8 Å². The number of hydrogen-bond acceptors (Lipinski definition) is 5. The first kappa shape index (κ1) is 15.8. The van der Waals surface area contributed by atoms with Gasteiger partial charge in [0.1, 0.15) is 0 Å². The Bertz CT molecular complexity index is 442. The number of ether oxygens (including phenoxy) is 1. The number of nitrogens with one attached hydrogen (secondary N) is 1. The number of rotatable bonds is 6. The number of carbonyl (C=O) groups excluding carboxylic acids is 1. The summed E-state index contributed by atoms with van der Waals surface area (Å²) in [4.78, 5) is 14.1. The van der Waals surface area contributed by atoms with Gasteiger partial charge >= 0.3 is 0 Å². The van der Waals surface area contributed by atoms with Gasteiger partial charge in [-0.15, -0.1) is 0 Å². The Kier molecular flexibility index (Phi) is 5.98. The summed E-state index contributed by atoms with van der Waals surface area (Å²) in [5.41, 5.74) is 7.04. The minimum Gasteiger partial charge on any atom is -0.399 e. The summed E-state index contributed by atoms with van der Waals surface area (Å²) in [5.74, 6) is -0.0190. The molecule has 2 rings (SSSR count). The third-order valence-electron chi connectivity index (χ3n) is 3.54. The normalized spacial score (nSPS) is 16.8. The molecule has 0 aliphatic carbocycles. The SMILES string of the molecule is Nc1ccc(NC(=O)CN2CCC(OCCO)CC2)cc1. The second-order valence-electron chi connectivity index (χ2n) is 5.24. The van der Waals surface area contributed by atoms with Crippen LogP contribution in [0.2, 0.25) is 0 Å². The molecule has 1 aromatic rings. The molecule has 116 valence electrons. The number of aliphatic hydroxyl groups is 1. The number of nitrogens with zero attached hydrogens (tertiary/aromatic N) is 1. The first-order chi connectivity index (χ1) is 10.2. The zero-order valence-electron chi connectivity index (χ0n) is 12.1. The molecule has 0 saturated carbocycles. The van der Waals surface area contributed by atoms with Gasteiger partial charge in [-0.25, -0.2) is 0 Å². The van der Waals surface area contributed by atoms with E-state index >= 15 is 0 Å². The van der Waals surface area contributed by atoms with Crippen LogP contribution in [0.15, 0.2) is 24.3 Å². The largest absolute Gasteiger partial charge is 0.399 e. The van der Waals surface area contributed by atoms with Crippen molar-refractivity contribution >= 4 is 17.3 Å². The Labute approximate surface area is 124 Å². The summed E-state index contributed by atoms with van der Waals surface area (Å²) in [7, 11) is 0. The summed E-state index contributed by atoms with van der Waals surface area (Å²) in [6.45, 7) is 2.51. The Morgan fingerprint density at radius 2 is 2.00 bits per heavy atom. The summed E-state index contributed by atoms with van der Waals surface area (Å²) < 4.78 is 5.50. The maximum Gasteiger partial charge on any atom is 0.238 e. The number of carbonyl (C=O) groups is 1. The van der Waals surface area contributed by atoms with Crippen LogP contribution in [0.1, 0.15) is 12.8 Å². The highest BCUT2D eigenvalue weighted by atomic mass is 16.5. The maximum atomic E-state index is 12.0. The van der Waals surface area contributed by atoms with Crippen LogP contribution >= 0.6 is 0 Å². The molecule has 0 radical (unpaired) electrons. The molecule has 4 N–H and O–H groups in total. The van der Waals surface area contributed by atoms with Crippen molar-refractivity contribution in [2.24, 2.45) is 0 Å². The first-order valence-corrected chi connectivity index (χ1v) is 7.27. The standard InChI is InChI=1S/C15H23N3O3/c16-12-1-3-13(4-2-12)17-15(20)11-18-7-5-14(6-8-18)21-10-9-19/h1-4,14,19H,5-11,16H2,(H,17,20). The lowest BCUT2D eigenvalue weighted by Gasteiger charge is -2.31. The molecule has 0 bridgehead atoms. The molecule has 1 amide bonds. The van der Waals surface area contributed by atoms with E-state index in [1.807, 2.05) is 0 Å². The number of likely N-dealkylation sites (tertiary alicyclic amines) is 1. The van der Waals surface area contributed by atoms with Crippen molar-refractivity contribution in [2.75, 3.05) is 43.9 Å². The van der Waals surface area contributed by atoms with E-state index in [1.165, 1.54) is 0 Å². The Balaban J connectivity index is 1.70. The van der Waals surface area contributed by atoms with E-state index in [4.69, 9.17) is 15.6 Å². The molecule has 1 aromatic carbocycles. The topological polar surface area (TPSA) is 87.8 Å². The van der Waals surface area contributed by atoms with Crippen LogP contribution in [0.3, 0.4) is 0 Å². The fourth-order valence-electron chi connectivity index (χ4n) is 2.42. The minimum absolute atomic E-state index is 0.0190. The van der Waals surface area contributed by atoms with Crippen molar-refractivity contribution in [2.45, 2.75) is 18.9 Å². The zero-order valence-corrected chi connectivity index (χ0v) is 12.1. The Morgan fingerprint density at radius 1 is 1.33 bits per heavy atom. The number of nitrogens with two attached hydrogens (primary N) is 1. The van der Waals surface area contributed by atoms with Gasteiger partial charge in [0, 0.05) is 24.5 Å². The van der Waals surface area contributed by atoms with Gasteiger partial charge in [-0.05, 0) is 37.1 Å². The number of benzene rings is 1. The summed E-state index contributed by atoms with van der Waals surface area (Å²) in [6, 6.07) is 7.11. The fraction of sp³-hybridized carbons (Fsp3) is 0.533. The average Bonchev–Trinajstić information content (AvgIpc) is 2.49. The van der Waals surface area contributed by atoms with Crippen LogP contribution in [0.5, 0.6) is 0 Å². The third-order valence-corrected chi connectivity index (χ3v) is 3.54. The first-order valence-electron chi connectivity index (χ1n) is 7.27. The zero-order chi connectivity index (χ0) is 15.1. The molecule has 0 atom stereocenters. The van der Waals surface area contributed by atoms with E-state index in [2.05, 4.69) is 10.2 Å². The molecule has 21 heavy (non-hydrogen) atoms. The van der Waals surface area contributed by atoms with Gasteiger partial charge in [-0.2, -0.15) is 0 Å². The molecule has 1 fully saturated rings. The monoisotopic (exact) mass is 293 g/mol. The summed E-state index contributed by atoms with van der Waals surface area (Å²) in [6.07, 6.45) is 2.00.